The molecule has 0 aliphatic rings. The number of guanidine groups is 1. The second-order valence-electron chi connectivity index (χ2n) is 4.59. The van der Waals surface area contributed by atoms with Gasteiger partial charge in [0.2, 0.25) is 0 Å². The zero-order chi connectivity index (χ0) is 16.4. The zero-order valence-corrected chi connectivity index (χ0v) is 12.8. The summed E-state index contributed by atoms with van der Waals surface area (Å²) >= 11 is 0. The molecule has 0 fully saturated rings. The van der Waals surface area contributed by atoms with Gasteiger partial charge in [0.25, 0.3) is 0 Å². The Bertz CT molecular complexity index is 459. The summed E-state index contributed by atoms with van der Waals surface area (Å²) in [5.41, 5.74) is 0.964. The van der Waals surface area contributed by atoms with Crippen molar-refractivity contribution in [3.8, 4) is 0 Å². The lowest BCUT2D eigenvalue weighted by Gasteiger charge is -2.12. The third kappa shape index (κ3) is 7.87. The fourth-order valence-corrected chi connectivity index (χ4v) is 1.63. The summed E-state index contributed by atoms with van der Waals surface area (Å²) in [6.07, 6.45) is -2.11. The maximum absolute atomic E-state index is 11.9. The molecule has 2 N–H and O–H groups in total. The molecule has 0 atom stereocenters. The standard InChI is InChI=1S/C13H22F3N5O/c1-3-17-12(19-9-11-5-7-20-21(11)2)18-6-4-8-22-10-13(14,15)16/h5,7H,3-4,6,8-10H2,1-2H3,(H2,17,18,19). The highest BCUT2D eigenvalue weighted by Gasteiger charge is 2.27. The van der Waals surface area contributed by atoms with Gasteiger partial charge in [0.15, 0.2) is 5.96 Å². The summed E-state index contributed by atoms with van der Waals surface area (Å²) in [6, 6.07) is 1.87. The highest BCUT2D eigenvalue weighted by molar-refractivity contribution is 5.79. The van der Waals surface area contributed by atoms with Crippen LogP contribution in [0.3, 0.4) is 0 Å². The Balaban J connectivity index is 2.27. The molecule has 0 unspecified atom stereocenters. The van der Waals surface area contributed by atoms with Gasteiger partial charge in [0, 0.05) is 32.9 Å². The smallest absolute Gasteiger partial charge is 0.372 e. The fourth-order valence-electron chi connectivity index (χ4n) is 1.63. The number of halogens is 3. The van der Waals surface area contributed by atoms with Crippen molar-refractivity contribution in [2.45, 2.75) is 26.1 Å². The van der Waals surface area contributed by atoms with Crippen LogP contribution in [0.25, 0.3) is 0 Å². The first-order chi connectivity index (χ1) is 10.4. The fraction of sp³-hybridized carbons (Fsp3) is 0.692. The van der Waals surface area contributed by atoms with E-state index in [0.29, 0.717) is 32.0 Å². The number of ether oxygens (including phenoxy) is 1. The first-order valence-corrected chi connectivity index (χ1v) is 7.06. The molecule has 0 saturated heterocycles. The van der Waals surface area contributed by atoms with Crippen LogP contribution in [0.4, 0.5) is 13.2 Å². The second kappa shape index (κ2) is 9.29. The molecule has 1 aromatic rings. The van der Waals surface area contributed by atoms with Crippen LogP contribution < -0.4 is 10.6 Å². The number of aromatic nitrogens is 2. The van der Waals surface area contributed by atoms with E-state index in [-0.39, 0.29) is 6.61 Å². The highest BCUT2D eigenvalue weighted by atomic mass is 19.4. The number of alkyl halides is 3. The highest BCUT2D eigenvalue weighted by Crippen LogP contribution is 2.14. The van der Waals surface area contributed by atoms with Crippen LogP contribution in [0, 0.1) is 0 Å². The molecule has 9 heteroatoms. The predicted octanol–water partition coefficient (Wildman–Crippen LogP) is 1.44. The first-order valence-electron chi connectivity index (χ1n) is 7.06. The Morgan fingerprint density at radius 3 is 2.77 bits per heavy atom. The summed E-state index contributed by atoms with van der Waals surface area (Å²) < 4.78 is 41.9. The van der Waals surface area contributed by atoms with Crippen LogP contribution in [0.5, 0.6) is 0 Å². The van der Waals surface area contributed by atoms with E-state index in [1.54, 1.807) is 10.9 Å². The van der Waals surface area contributed by atoms with Gasteiger partial charge in [-0.15, -0.1) is 0 Å². The van der Waals surface area contributed by atoms with Gasteiger partial charge in [-0.25, -0.2) is 4.99 Å². The molecule has 0 spiro atoms. The van der Waals surface area contributed by atoms with Crippen molar-refractivity contribution in [2.24, 2.45) is 12.0 Å². The lowest BCUT2D eigenvalue weighted by Crippen LogP contribution is -2.38. The van der Waals surface area contributed by atoms with Gasteiger partial charge in [0.1, 0.15) is 6.61 Å². The van der Waals surface area contributed by atoms with Crippen molar-refractivity contribution in [3.63, 3.8) is 0 Å². The average Bonchev–Trinajstić information content (AvgIpc) is 2.84. The van der Waals surface area contributed by atoms with Crippen LogP contribution in [-0.2, 0) is 18.3 Å². The third-order valence-corrected chi connectivity index (χ3v) is 2.69. The monoisotopic (exact) mass is 321 g/mol. The van der Waals surface area contributed by atoms with Crippen molar-refractivity contribution in [1.82, 2.24) is 20.4 Å². The summed E-state index contributed by atoms with van der Waals surface area (Å²) in [5, 5.41) is 10.2. The molecule has 22 heavy (non-hydrogen) atoms. The minimum atomic E-state index is -4.27. The summed E-state index contributed by atoms with van der Waals surface area (Å²) in [6.45, 7) is 2.43. The zero-order valence-electron chi connectivity index (χ0n) is 12.8. The number of rotatable bonds is 8. The molecule has 0 radical (unpaired) electrons. The van der Waals surface area contributed by atoms with Crippen LogP contribution in [0.2, 0.25) is 0 Å². The molecular formula is C13H22F3N5O. The molecule has 126 valence electrons. The maximum atomic E-state index is 11.9. The van der Waals surface area contributed by atoms with Gasteiger partial charge in [-0.3, -0.25) is 4.68 Å². The average molecular weight is 321 g/mol. The predicted molar refractivity (Wildman–Crippen MR) is 77.5 cm³/mol. The van der Waals surface area contributed by atoms with Crippen molar-refractivity contribution in [2.75, 3.05) is 26.3 Å². The van der Waals surface area contributed by atoms with Crippen molar-refractivity contribution >= 4 is 5.96 Å². The summed E-state index contributed by atoms with van der Waals surface area (Å²) in [7, 11) is 1.84. The number of hydrogen-bond acceptors (Lipinski definition) is 3. The SMILES string of the molecule is CCNC(=NCc1ccnn1C)NCCCOCC(F)(F)F. The van der Waals surface area contributed by atoms with Crippen LogP contribution in [0.1, 0.15) is 19.0 Å². The number of nitrogens with one attached hydrogen (secondary N) is 2. The van der Waals surface area contributed by atoms with E-state index in [2.05, 4.69) is 25.5 Å². The molecular weight excluding hydrogens is 299 g/mol. The molecule has 0 saturated carbocycles. The van der Waals surface area contributed by atoms with Crippen LogP contribution in [0.15, 0.2) is 17.3 Å². The van der Waals surface area contributed by atoms with E-state index in [1.165, 1.54) is 0 Å². The molecule has 0 aliphatic carbocycles. The molecule has 1 rings (SSSR count). The Labute approximate surface area is 127 Å². The first kappa shape index (κ1) is 18.3. The van der Waals surface area contributed by atoms with Crippen LogP contribution in [-0.4, -0.2) is 48.2 Å². The molecule has 0 aromatic carbocycles. The summed E-state index contributed by atoms with van der Waals surface area (Å²) in [5.74, 6) is 0.611. The minimum absolute atomic E-state index is 0.0493. The normalized spacial score (nSPS) is 12.5. The largest absolute Gasteiger partial charge is 0.411 e. The minimum Gasteiger partial charge on any atom is -0.372 e. The van der Waals surface area contributed by atoms with E-state index >= 15 is 0 Å². The van der Waals surface area contributed by atoms with Gasteiger partial charge >= 0.3 is 6.18 Å². The molecule has 0 aliphatic heterocycles. The van der Waals surface area contributed by atoms with Gasteiger partial charge in [0.05, 0.1) is 12.2 Å². The van der Waals surface area contributed by atoms with E-state index in [1.807, 2.05) is 20.0 Å². The molecule has 1 aromatic heterocycles. The Hall–Kier alpha value is -1.77. The Morgan fingerprint density at radius 2 is 2.18 bits per heavy atom. The molecule has 1 heterocycles. The lowest BCUT2D eigenvalue weighted by atomic mass is 10.4. The maximum Gasteiger partial charge on any atom is 0.411 e. The van der Waals surface area contributed by atoms with Gasteiger partial charge < -0.3 is 15.4 Å². The number of hydrogen-bond donors (Lipinski definition) is 2. The Morgan fingerprint density at radius 1 is 1.41 bits per heavy atom. The van der Waals surface area contributed by atoms with E-state index in [4.69, 9.17) is 0 Å². The number of aryl methyl sites for hydroxylation is 1. The van der Waals surface area contributed by atoms with Crippen molar-refractivity contribution < 1.29 is 17.9 Å². The summed E-state index contributed by atoms with van der Waals surface area (Å²) in [4.78, 5) is 4.39. The van der Waals surface area contributed by atoms with E-state index in [0.717, 1.165) is 5.69 Å². The quantitative estimate of drug-likeness (QED) is 0.432. The van der Waals surface area contributed by atoms with E-state index in [9.17, 15) is 13.2 Å². The number of nitrogens with zero attached hydrogens (tertiary/aromatic N) is 3. The second-order valence-corrected chi connectivity index (χ2v) is 4.59. The Kier molecular flexibility index (Phi) is 7.72. The molecule has 0 bridgehead atoms. The van der Waals surface area contributed by atoms with Gasteiger partial charge in [-0.05, 0) is 19.4 Å². The lowest BCUT2D eigenvalue weighted by molar-refractivity contribution is -0.173. The van der Waals surface area contributed by atoms with Crippen molar-refractivity contribution in [3.05, 3.63) is 18.0 Å². The van der Waals surface area contributed by atoms with Crippen molar-refractivity contribution in [1.29, 1.82) is 0 Å². The molecule has 6 nitrogen and oxygen atoms in total. The molecule has 0 amide bonds. The van der Waals surface area contributed by atoms with Gasteiger partial charge in [-0.1, -0.05) is 0 Å². The topological polar surface area (TPSA) is 63.5 Å². The third-order valence-electron chi connectivity index (χ3n) is 2.69. The van der Waals surface area contributed by atoms with Gasteiger partial charge in [-0.2, -0.15) is 18.3 Å². The van der Waals surface area contributed by atoms with Crippen LogP contribution >= 0.6 is 0 Å². The van der Waals surface area contributed by atoms with E-state index < -0.39 is 12.8 Å². The number of aliphatic imine (C=N–C) groups is 1.